The molecule has 0 fully saturated rings. The molecule has 0 heterocycles. The zero-order valence-corrected chi connectivity index (χ0v) is 14.7. The first-order valence-electron chi connectivity index (χ1n) is 7.11. The topological polar surface area (TPSA) is 75.6 Å². The summed E-state index contributed by atoms with van der Waals surface area (Å²) in [6.45, 7) is 6.48. The number of ether oxygens (including phenoxy) is 1. The van der Waals surface area contributed by atoms with Gasteiger partial charge in [0.05, 0.1) is 0 Å². The quantitative estimate of drug-likeness (QED) is 0.722. The zero-order chi connectivity index (χ0) is 16.8. The fourth-order valence-corrected chi connectivity index (χ4v) is 2.24. The molecule has 0 radical (unpaired) electrons. The lowest BCUT2D eigenvalue weighted by molar-refractivity contribution is -0.137. The van der Waals surface area contributed by atoms with Gasteiger partial charge in [0.25, 0.3) is 5.91 Å². The number of carboxylic acids is 1. The van der Waals surface area contributed by atoms with E-state index in [1.54, 1.807) is 0 Å². The molecule has 0 saturated heterocycles. The fourth-order valence-electron chi connectivity index (χ4n) is 1.88. The first kappa shape index (κ1) is 18.5. The number of benzene rings is 1. The summed E-state index contributed by atoms with van der Waals surface area (Å²) in [6.07, 6.45) is 0.453. The number of carbonyl (C=O) groups excluding carboxylic acids is 1. The summed E-state index contributed by atoms with van der Waals surface area (Å²) in [5.41, 5.74) is 0.914. The van der Waals surface area contributed by atoms with Gasteiger partial charge in [0.15, 0.2) is 6.61 Å². The van der Waals surface area contributed by atoms with Crippen molar-refractivity contribution < 1.29 is 19.4 Å². The number of halogens is 1. The van der Waals surface area contributed by atoms with Crippen molar-refractivity contribution >= 4 is 27.8 Å². The molecule has 0 unspecified atom stereocenters. The molecule has 1 aromatic carbocycles. The molecule has 1 aromatic rings. The molecule has 0 aliphatic carbocycles. The van der Waals surface area contributed by atoms with Gasteiger partial charge >= 0.3 is 5.97 Å². The Bertz CT molecular complexity index is 537. The van der Waals surface area contributed by atoms with Crippen molar-refractivity contribution in [2.75, 3.05) is 13.2 Å². The number of hydrogen-bond donors (Lipinski definition) is 2. The van der Waals surface area contributed by atoms with Gasteiger partial charge in [-0.15, -0.1) is 0 Å². The van der Waals surface area contributed by atoms with Gasteiger partial charge in [0, 0.05) is 23.0 Å². The molecule has 0 atom stereocenters. The Morgan fingerprint density at radius 3 is 2.59 bits per heavy atom. The molecule has 5 nitrogen and oxygen atoms in total. The third-order valence-electron chi connectivity index (χ3n) is 3.00. The molecule has 22 heavy (non-hydrogen) atoms. The summed E-state index contributed by atoms with van der Waals surface area (Å²) in [5.74, 6) is -0.445. The molecule has 122 valence electrons. The molecule has 1 amide bonds. The Morgan fingerprint density at radius 1 is 1.32 bits per heavy atom. The molecule has 0 aliphatic heterocycles. The zero-order valence-electron chi connectivity index (χ0n) is 13.1. The van der Waals surface area contributed by atoms with Crippen molar-refractivity contribution in [2.45, 2.75) is 39.0 Å². The summed E-state index contributed by atoms with van der Waals surface area (Å²) in [6, 6.07) is 5.69. The van der Waals surface area contributed by atoms with Crippen LogP contribution in [0.1, 0.15) is 39.2 Å². The van der Waals surface area contributed by atoms with Gasteiger partial charge < -0.3 is 15.2 Å². The average molecular weight is 372 g/mol. The van der Waals surface area contributed by atoms with Gasteiger partial charge in [0.2, 0.25) is 0 Å². The van der Waals surface area contributed by atoms with Crippen molar-refractivity contribution in [3.63, 3.8) is 0 Å². The van der Waals surface area contributed by atoms with Crippen LogP contribution in [0.25, 0.3) is 0 Å². The van der Waals surface area contributed by atoms with Crippen molar-refractivity contribution in [3.8, 4) is 5.75 Å². The van der Waals surface area contributed by atoms with E-state index >= 15 is 0 Å². The molecule has 0 aromatic heterocycles. The summed E-state index contributed by atoms with van der Waals surface area (Å²) in [7, 11) is 0. The number of nitrogens with one attached hydrogen (secondary N) is 1. The monoisotopic (exact) mass is 371 g/mol. The molecular formula is C16H22BrNO4. The second-order valence-corrected chi connectivity index (χ2v) is 6.94. The maximum absolute atomic E-state index is 11.7. The van der Waals surface area contributed by atoms with Crippen LogP contribution in [0.15, 0.2) is 22.7 Å². The third-order valence-corrected chi connectivity index (χ3v) is 3.49. The highest BCUT2D eigenvalue weighted by Gasteiger charge is 2.19. The van der Waals surface area contributed by atoms with E-state index in [2.05, 4.69) is 42.0 Å². The largest absolute Gasteiger partial charge is 0.483 e. The van der Waals surface area contributed by atoms with Crippen molar-refractivity contribution in [1.82, 2.24) is 5.32 Å². The minimum absolute atomic E-state index is 0.0437. The van der Waals surface area contributed by atoms with Crippen molar-refractivity contribution in [3.05, 3.63) is 28.2 Å². The predicted octanol–water partition coefficient (Wildman–Crippen LogP) is 3.11. The highest BCUT2D eigenvalue weighted by Crippen LogP contribution is 2.33. The maximum atomic E-state index is 11.7. The van der Waals surface area contributed by atoms with Gasteiger partial charge in [-0.1, -0.05) is 36.7 Å². The highest BCUT2D eigenvalue weighted by atomic mass is 79.9. The lowest BCUT2D eigenvalue weighted by Crippen LogP contribution is -2.30. The van der Waals surface area contributed by atoms with Crippen LogP contribution >= 0.6 is 15.9 Å². The first-order valence-corrected chi connectivity index (χ1v) is 7.91. The maximum Gasteiger partial charge on any atom is 0.303 e. The number of aliphatic carboxylic acids is 1. The lowest BCUT2D eigenvalue weighted by Gasteiger charge is -2.23. The van der Waals surface area contributed by atoms with Crippen LogP contribution in [0.3, 0.4) is 0 Å². The van der Waals surface area contributed by atoms with Gasteiger partial charge in [-0.25, -0.2) is 0 Å². The van der Waals surface area contributed by atoms with Crippen LogP contribution in [-0.2, 0) is 15.0 Å². The molecular weight excluding hydrogens is 350 g/mol. The van der Waals surface area contributed by atoms with Crippen LogP contribution in [-0.4, -0.2) is 30.1 Å². The van der Waals surface area contributed by atoms with Gasteiger partial charge in [-0.05, 0) is 30.0 Å². The molecule has 0 spiro atoms. The van der Waals surface area contributed by atoms with E-state index in [0.29, 0.717) is 18.7 Å². The Hall–Kier alpha value is -1.56. The highest BCUT2D eigenvalue weighted by molar-refractivity contribution is 9.10. The van der Waals surface area contributed by atoms with Crippen LogP contribution in [0.5, 0.6) is 5.75 Å². The van der Waals surface area contributed by atoms with Gasteiger partial charge in [-0.3, -0.25) is 9.59 Å². The van der Waals surface area contributed by atoms with E-state index < -0.39 is 5.97 Å². The van der Waals surface area contributed by atoms with E-state index in [4.69, 9.17) is 9.84 Å². The Kier molecular flexibility index (Phi) is 6.87. The molecule has 6 heteroatoms. The minimum atomic E-state index is -0.866. The van der Waals surface area contributed by atoms with E-state index in [1.807, 2.05) is 18.2 Å². The third kappa shape index (κ3) is 6.47. The molecule has 0 saturated carbocycles. The second-order valence-electron chi connectivity index (χ2n) is 6.03. The molecule has 0 aliphatic rings. The second kappa shape index (κ2) is 8.17. The number of carboxylic acid groups (broad SMARTS) is 1. The summed E-state index contributed by atoms with van der Waals surface area (Å²) >= 11 is 3.44. The van der Waals surface area contributed by atoms with E-state index in [9.17, 15) is 9.59 Å². The standard InChI is InChI=1S/C16H22BrNO4/c1-16(2,3)12-9-11(17)6-7-13(12)22-10-14(19)18-8-4-5-15(20)21/h6-7,9H,4-5,8,10H2,1-3H3,(H,18,19)(H,20,21). The minimum Gasteiger partial charge on any atom is -0.483 e. The van der Waals surface area contributed by atoms with Crippen LogP contribution in [0, 0.1) is 0 Å². The first-order chi connectivity index (χ1) is 10.2. The smallest absolute Gasteiger partial charge is 0.303 e. The Balaban J connectivity index is 2.54. The predicted molar refractivity (Wildman–Crippen MR) is 88.2 cm³/mol. The van der Waals surface area contributed by atoms with E-state index in [-0.39, 0.29) is 24.3 Å². The normalized spacial score (nSPS) is 11.1. The van der Waals surface area contributed by atoms with Crippen LogP contribution in [0.2, 0.25) is 0 Å². The number of amides is 1. The van der Waals surface area contributed by atoms with E-state index in [0.717, 1.165) is 10.0 Å². The Labute approximate surface area is 139 Å². The summed E-state index contributed by atoms with van der Waals surface area (Å²) in [4.78, 5) is 22.1. The Morgan fingerprint density at radius 2 is 2.00 bits per heavy atom. The SMILES string of the molecule is CC(C)(C)c1cc(Br)ccc1OCC(=O)NCCCC(=O)O. The molecule has 2 N–H and O–H groups in total. The van der Waals surface area contributed by atoms with Crippen LogP contribution in [0.4, 0.5) is 0 Å². The number of hydrogen-bond acceptors (Lipinski definition) is 3. The van der Waals surface area contributed by atoms with Crippen molar-refractivity contribution in [2.24, 2.45) is 0 Å². The summed E-state index contributed by atoms with van der Waals surface area (Å²) < 4.78 is 6.57. The van der Waals surface area contributed by atoms with Gasteiger partial charge in [0.1, 0.15) is 5.75 Å². The van der Waals surface area contributed by atoms with E-state index in [1.165, 1.54) is 0 Å². The lowest BCUT2D eigenvalue weighted by atomic mass is 9.86. The average Bonchev–Trinajstić information content (AvgIpc) is 2.41. The van der Waals surface area contributed by atoms with Gasteiger partial charge in [-0.2, -0.15) is 0 Å². The van der Waals surface area contributed by atoms with Crippen molar-refractivity contribution in [1.29, 1.82) is 0 Å². The molecule has 0 bridgehead atoms. The van der Waals surface area contributed by atoms with Crippen LogP contribution < -0.4 is 10.1 Å². The molecule has 1 rings (SSSR count). The summed E-state index contributed by atoms with van der Waals surface area (Å²) in [5, 5.41) is 11.2. The fraction of sp³-hybridized carbons (Fsp3) is 0.500. The number of rotatable bonds is 7. The number of carbonyl (C=O) groups is 2.